The van der Waals surface area contributed by atoms with Crippen molar-refractivity contribution in [3.05, 3.63) is 29.6 Å². The minimum atomic E-state index is -1.02. The van der Waals surface area contributed by atoms with Gasteiger partial charge >= 0.3 is 5.97 Å². The van der Waals surface area contributed by atoms with Gasteiger partial charge in [0, 0.05) is 12.7 Å². The van der Waals surface area contributed by atoms with Gasteiger partial charge in [0.05, 0.1) is 18.7 Å². The molecule has 0 aliphatic carbocycles. The summed E-state index contributed by atoms with van der Waals surface area (Å²) in [5, 5.41) is 11.0. The van der Waals surface area contributed by atoms with Crippen molar-refractivity contribution in [1.82, 2.24) is 10.3 Å². The number of pyridine rings is 1. The third kappa shape index (κ3) is 5.40. The third-order valence-corrected chi connectivity index (χ3v) is 2.24. The number of hydrogen-bond acceptors (Lipinski definition) is 4. The van der Waals surface area contributed by atoms with Crippen LogP contribution in [0.2, 0.25) is 0 Å². The summed E-state index contributed by atoms with van der Waals surface area (Å²) in [5.41, 5.74) is 1.70. The largest absolute Gasteiger partial charge is 0.480 e. The molecule has 0 atom stereocenters. The smallest absolute Gasteiger partial charge is 0.329 e. The van der Waals surface area contributed by atoms with Gasteiger partial charge in [0.2, 0.25) is 5.91 Å². The zero-order chi connectivity index (χ0) is 13.4. The van der Waals surface area contributed by atoms with E-state index in [2.05, 4.69) is 10.3 Å². The van der Waals surface area contributed by atoms with Crippen LogP contribution in [0.15, 0.2) is 18.3 Å². The number of carboxylic acids is 1. The molecule has 1 heterocycles. The Hall–Kier alpha value is -1.95. The molecule has 6 nitrogen and oxygen atoms in total. The summed E-state index contributed by atoms with van der Waals surface area (Å²) in [6.45, 7) is 2.01. The maximum absolute atomic E-state index is 11.5. The van der Waals surface area contributed by atoms with Crippen molar-refractivity contribution in [3.8, 4) is 0 Å². The van der Waals surface area contributed by atoms with Crippen LogP contribution in [0.1, 0.15) is 11.3 Å². The van der Waals surface area contributed by atoms with Gasteiger partial charge in [0.15, 0.2) is 0 Å². The maximum atomic E-state index is 11.5. The van der Waals surface area contributed by atoms with E-state index in [-0.39, 0.29) is 32.1 Å². The van der Waals surface area contributed by atoms with Crippen LogP contribution < -0.4 is 5.32 Å². The number of aliphatic carboxylic acids is 1. The molecule has 0 aliphatic rings. The second kappa shape index (κ2) is 7.39. The SMILES string of the molecule is Cc1cccnc1CC(=O)NCCOCC(=O)O. The van der Waals surface area contributed by atoms with Crippen molar-refractivity contribution in [2.45, 2.75) is 13.3 Å². The summed E-state index contributed by atoms with van der Waals surface area (Å²) < 4.78 is 4.79. The number of rotatable bonds is 7. The minimum absolute atomic E-state index is 0.157. The van der Waals surface area contributed by atoms with Crippen molar-refractivity contribution >= 4 is 11.9 Å². The lowest BCUT2D eigenvalue weighted by Gasteiger charge is -2.06. The number of hydrogen-bond donors (Lipinski definition) is 2. The summed E-state index contributed by atoms with van der Waals surface area (Å²) >= 11 is 0. The van der Waals surface area contributed by atoms with Gasteiger partial charge in [-0.1, -0.05) is 6.07 Å². The van der Waals surface area contributed by atoms with Crippen LogP contribution >= 0.6 is 0 Å². The molecular formula is C12H16N2O4. The van der Waals surface area contributed by atoms with Gasteiger partial charge in [-0.2, -0.15) is 0 Å². The number of amides is 1. The summed E-state index contributed by atoms with van der Waals surface area (Å²) in [6.07, 6.45) is 1.86. The van der Waals surface area contributed by atoms with Gasteiger partial charge in [-0.15, -0.1) is 0 Å². The predicted molar refractivity (Wildman–Crippen MR) is 64.1 cm³/mol. The Morgan fingerprint density at radius 3 is 2.94 bits per heavy atom. The van der Waals surface area contributed by atoms with Gasteiger partial charge in [-0.25, -0.2) is 4.79 Å². The van der Waals surface area contributed by atoms with E-state index in [0.717, 1.165) is 11.3 Å². The van der Waals surface area contributed by atoms with Crippen LogP contribution in [-0.2, 0) is 20.7 Å². The molecule has 0 bridgehead atoms. The normalized spacial score (nSPS) is 10.1. The monoisotopic (exact) mass is 252 g/mol. The number of aryl methyl sites for hydroxylation is 1. The topological polar surface area (TPSA) is 88.5 Å². The van der Waals surface area contributed by atoms with Gasteiger partial charge in [0.1, 0.15) is 6.61 Å². The highest BCUT2D eigenvalue weighted by Gasteiger charge is 2.06. The third-order valence-electron chi connectivity index (χ3n) is 2.24. The average Bonchev–Trinajstić information content (AvgIpc) is 2.31. The Kier molecular flexibility index (Phi) is 5.79. The summed E-state index contributed by atoms with van der Waals surface area (Å²) in [6, 6.07) is 3.71. The molecule has 2 N–H and O–H groups in total. The van der Waals surface area contributed by atoms with E-state index in [1.54, 1.807) is 6.20 Å². The number of nitrogens with zero attached hydrogens (tertiary/aromatic N) is 1. The molecule has 0 unspecified atom stereocenters. The molecule has 18 heavy (non-hydrogen) atoms. The molecule has 98 valence electrons. The minimum Gasteiger partial charge on any atom is -0.480 e. The van der Waals surface area contributed by atoms with Gasteiger partial charge < -0.3 is 15.2 Å². The highest BCUT2D eigenvalue weighted by atomic mass is 16.5. The van der Waals surface area contributed by atoms with Crippen LogP contribution in [0.25, 0.3) is 0 Å². The first-order valence-corrected chi connectivity index (χ1v) is 5.56. The Balaban J connectivity index is 2.22. The first kappa shape index (κ1) is 14.1. The summed E-state index contributed by atoms with van der Waals surface area (Å²) in [5.74, 6) is -1.18. The first-order chi connectivity index (χ1) is 8.59. The first-order valence-electron chi connectivity index (χ1n) is 5.56. The van der Waals surface area contributed by atoms with Crippen LogP contribution in [0.4, 0.5) is 0 Å². The van der Waals surface area contributed by atoms with Crippen LogP contribution in [0.5, 0.6) is 0 Å². The van der Waals surface area contributed by atoms with Crippen LogP contribution in [0, 0.1) is 6.92 Å². The maximum Gasteiger partial charge on any atom is 0.329 e. The van der Waals surface area contributed by atoms with E-state index in [4.69, 9.17) is 9.84 Å². The lowest BCUT2D eigenvalue weighted by Crippen LogP contribution is -2.29. The second-order valence-electron chi connectivity index (χ2n) is 3.74. The lowest BCUT2D eigenvalue weighted by atomic mass is 10.1. The molecule has 6 heteroatoms. The van der Waals surface area contributed by atoms with E-state index in [0.29, 0.717) is 0 Å². The predicted octanol–water partition coefficient (Wildman–Crippen LogP) is 0.150. The molecule has 1 amide bonds. The van der Waals surface area contributed by atoms with Gasteiger partial charge in [-0.05, 0) is 18.6 Å². The van der Waals surface area contributed by atoms with E-state index in [1.165, 1.54) is 0 Å². The summed E-state index contributed by atoms with van der Waals surface area (Å²) in [4.78, 5) is 25.8. The number of carbonyl (C=O) groups excluding carboxylic acids is 1. The zero-order valence-corrected chi connectivity index (χ0v) is 10.2. The fourth-order valence-corrected chi connectivity index (χ4v) is 1.34. The molecule has 1 aromatic rings. The van der Waals surface area contributed by atoms with Gasteiger partial charge in [0.25, 0.3) is 0 Å². The molecule has 1 aromatic heterocycles. The molecule has 0 radical (unpaired) electrons. The molecule has 0 aliphatic heterocycles. The molecule has 0 spiro atoms. The number of carbonyl (C=O) groups is 2. The zero-order valence-electron chi connectivity index (χ0n) is 10.2. The van der Waals surface area contributed by atoms with Crippen molar-refractivity contribution < 1.29 is 19.4 Å². The molecule has 0 fully saturated rings. The quantitative estimate of drug-likeness (QED) is 0.674. The van der Waals surface area contributed by atoms with Crippen molar-refractivity contribution in [3.63, 3.8) is 0 Å². The fourth-order valence-electron chi connectivity index (χ4n) is 1.34. The molecule has 0 saturated heterocycles. The van der Waals surface area contributed by atoms with Crippen LogP contribution in [0.3, 0.4) is 0 Å². The molecule has 0 aromatic carbocycles. The van der Waals surface area contributed by atoms with Crippen molar-refractivity contribution in [2.24, 2.45) is 0 Å². The Labute approximate surface area is 105 Å². The number of ether oxygens (including phenoxy) is 1. The molecule has 0 saturated carbocycles. The molecule has 1 rings (SSSR count). The van der Waals surface area contributed by atoms with E-state index >= 15 is 0 Å². The number of nitrogens with one attached hydrogen (secondary N) is 1. The Bertz CT molecular complexity index is 420. The average molecular weight is 252 g/mol. The Morgan fingerprint density at radius 2 is 2.28 bits per heavy atom. The fraction of sp³-hybridized carbons (Fsp3) is 0.417. The number of aromatic nitrogens is 1. The highest BCUT2D eigenvalue weighted by molar-refractivity contribution is 5.78. The van der Waals surface area contributed by atoms with E-state index in [1.807, 2.05) is 19.1 Å². The highest BCUT2D eigenvalue weighted by Crippen LogP contribution is 2.03. The lowest BCUT2D eigenvalue weighted by molar-refractivity contribution is -0.142. The summed E-state index contributed by atoms with van der Waals surface area (Å²) in [7, 11) is 0. The van der Waals surface area contributed by atoms with E-state index < -0.39 is 5.97 Å². The number of carboxylic acid groups (broad SMARTS) is 1. The second-order valence-corrected chi connectivity index (χ2v) is 3.74. The molecular weight excluding hydrogens is 236 g/mol. The van der Waals surface area contributed by atoms with E-state index in [9.17, 15) is 9.59 Å². The van der Waals surface area contributed by atoms with Gasteiger partial charge in [-0.3, -0.25) is 9.78 Å². The van der Waals surface area contributed by atoms with Crippen molar-refractivity contribution in [1.29, 1.82) is 0 Å². The van der Waals surface area contributed by atoms with Crippen LogP contribution in [-0.4, -0.2) is 41.7 Å². The van der Waals surface area contributed by atoms with Crippen molar-refractivity contribution in [2.75, 3.05) is 19.8 Å². The Morgan fingerprint density at radius 1 is 1.50 bits per heavy atom. The standard InChI is InChI=1S/C12H16N2O4/c1-9-3-2-4-13-10(9)7-11(15)14-5-6-18-8-12(16)17/h2-4H,5-8H2,1H3,(H,14,15)(H,16,17).